The van der Waals surface area contributed by atoms with Crippen molar-refractivity contribution in [1.82, 2.24) is 19.8 Å². The first kappa shape index (κ1) is 20.4. The SMILES string of the molecule is CN(C(=O)C1CCN(c2nccc(-c3ccc(F)cc3)n2)CC1)C1CN2CCC1CC2. The first-order chi connectivity index (χ1) is 15.1. The summed E-state index contributed by atoms with van der Waals surface area (Å²) in [4.78, 5) is 29.1. The molecule has 0 saturated carbocycles. The fourth-order valence-corrected chi connectivity index (χ4v) is 5.43. The maximum absolute atomic E-state index is 13.2. The summed E-state index contributed by atoms with van der Waals surface area (Å²) in [5, 5.41) is 0. The molecule has 2 bridgehead atoms. The van der Waals surface area contributed by atoms with Crippen LogP contribution < -0.4 is 4.90 Å². The number of likely N-dealkylation sites (N-methyl/N-ethyl adjacent to an activating group) is 1. The second kappa shape index (κ2) is 8.54. The Kier molecular flexibility index (Phi) is 5.61. The predicted octanol–water partition coefficient (Wildman–Crippen LogP) is 3.05. The smallest absolute Gasteiger partial charge is 0.225 e. The van der Waals surface area contributed by atoms with Gasteiger partial charge in [-0.2, -0.15) is 0 Å². The van der Waals surface area contributed by atoms with E-state index in [9.17, 15) is 9.18 Å². The number of halogens is 1. The minimum Gasteiger partial charge on any atom is -0.341 e. The molecular formula is C24H30FN5O. The van der Waals surface area contributed by atoms with Crippen LogP contribution in [0.3, 0.4) is 0 Å². The number of benzene rings is 1. The Morgan fingerprint density at radius 2 is 1.74 bits per heavy atom. The highest BCUT2D eigenvalue weighted by molar-refractivity contribution is 5.79. The molecule has 31 heavy (non-hydrogen) atoms. The molecular weight excluding hydrogens is 393 g/mol. The summed E-state index contributed by atoms with van der Waals surface area (Å²) in [6.07, 6.45) is 5.85. The summed E-state index contributed by atoms with van der Waals surface area (Å²) < 4.78 is 13.2. The molecule has 4 aliphatic heterocycles. The van der Waals surface area contributed by atoms with E-state index in [1.54, 1.807) is 18.3 Å². The van der Waals surface area contributed by atoms with Gasteiger partial charge in [-0.15, -0.1) is 0 Å². The van der Waals surface area contributed by atoms with Crippen molar-refractivity contribution in [3.63, 3.8) is 0 Å². The van der Waals surface area contributed by atoms with Crippen LogP contribution in [-0.2, 0) is 4.79 Å². The van der Waals surface area contributed by atoms with Crippen molar-refractivity contribution < 1.29 is 9.18 Å². The average molecular weight is 424 g/mol. The number of nitrogens with zero attached hydrogens (tertiary/aromatic N) is 5. The molecule has 0 N–H and O–H groups in total. The van der Waals surface area contributed by atoms with Crippen LogP contribution in [0.15, 0.2) is 36.5 Å². The molecule has 6 rings (SSSR count). The number of rotatable bonds is 4. The molecule has 0 aliphatic carbocycles. The third-order valence-corrected chi connectivity index (χ3v) is 7.38. The largest absolute Gasteiger partial charge is 0.341 e. The van der Waals surface area contributed by atoms with E-state index in [0.717, 1.165) is 43.7 Å². The number of carbonyl (C=O) groups excluding carboxylic acids is 1. The van der Waals surface area contributed by atoms with E-state index in [-0.39, 0.29) is 11.7 Å². The Morgan fingerprint density at radius 3 is 2.39 bits per heavy atom. The van der Waals surface area contributed by atoms with Crippen LogP contribution in [0.5, 0.6) is 0 Å². The van der Waals surface area contributed by atoms with Gasteiger partial charge in [0.1, 0.15) is 5.82 Å². The molecule has 4 aliphatic rings. The van der Waals surface area contributed by atoms with E-state index in [2.05, 4.69) is 19.7 Å². The van der Waals surface area contributed by atoms with E-state index in [1.165, 1.54) is 38.1 Å². The highest BCUT2D eigenvalue weighted by atomic mass is 19.1. The van der Waals surface area contributed by atoms with Gasteiger partial charge in [0.15, 0.2) is 0 Å². The molecule has 2 aromatic rings. The zero-order valence-electron chi connectivity index (χ0n) is 18.1. The van der Waals surface area contributed by atoms with Crippen molar-refractivity contribution in [3.05, 3.63) is 42.3 Å². The van der Waals surface area contributed by atoms with Crippen LogP contribution in [0.2, 0.25) is 0 Å². The van der Waals surface area contributed by atoms with E-state index < -0.39 is 0 Å². The van der Waals surface area contributed by atoms with Crippen molar-refractivity contribution in [2.45, 2.75) is 31.7 Å². The highest BCUT2D eigenvalue weighted by Crippen LogP contribution is 2.32. The standard InChI is InChI=1S/C24H30FN5O/c1-28(22-16-29-12-7-18(22)8-13-29)23(31)19-9-14-30(15-10-19)24-26-11-6-21(27-24)17-2-4-20(25)5-3-17/h2-6,11,18-19,22H,7-10,12-16H2,1H3. The molecule has 7 heteroatoms. The number of hydrogen-bond acceptors (Lipinski definition) is 5. The van der Waals surface area contributed by atoms with Crippen LogP contribution in [0.25, 0.3) is 11.3 Å². The van der Waals surface area contributed by atoms with Gasteiger partial charge in [-0.1, -0.05) is 0 Å². The average Bonchev–Trinajstić information content (AvgIpc) is 2.84. The monoisotopic (exact) mass is 423 g/mol. The molecule has 1 aromatic carbocycles. The summed E-state index contributed by atoms with van der Waals surface area (Å²) in [6, 6.07) is 8.58. The Balaban J connectivity index is 1.21. The van der Waals surface area contributed by atoms with Crippen molar-refractivity contribution in [2.75, 3.05) is 44.7 Å². The van der Waals surface area contributed by atoms with Gasteiger partial charge in [-0.3, -0.25) is 4.79 Å². The van der Waals surface area contributed by atoms with E-state index >= 15 is 0 Å². The van der Waals surface area contributed by atoms with Gasteiger partial charge in [0, 0.05) is 50.4 Å². The van der Waals surface area contributed by atoms with Crippen molar-refractivity contribution in [1.29, 1.82) is 0 Å². The first-order valence-corrected chi connectivity index (χ1v) is 11.4. The highest BCUT2D eigenvalue weighted by Gasteiger charge is 2.39. The second-order valence-corrected chi connectivity index (χ2v) is 9.16. The number of anilines is 1. The fraction of sp³-hybridized carbons (Fsp3) is 0.542. The molecule has 1 unspecified atom stereocenters. The Morgan fingerprint density at radius 1 is 1.03 bits per heavy atom. The van der Waals surface area contributed by atoms with Gasteiger partial charge in [-0.25, -0.2) is 14.4 Å². The van der Waals surface area contributed by atoms with Gasteiger partial charge in [0.2, 0.25) is 11.9 Å². The van der Waals surface area contributed by atoms with Crippen LogP contribution in [0.4, 0.5) is 10.3 Å². The van der Waals surface area contributed by atoms with E-state index in [1.807, 2.05) is 13.1 Å². The van der Waals surface area contributed by atoms with Crippen LogP contribution >= 0.6 is 0 Å². The van der Waals surface area contributed by atoms with E-state index in [0.29, 0.717) is 23.8 Å². The lowest BCUT2D eigenvalue weighted by Gasteiger charge is -2.48. The lowest BCUT2D eigenvalue weighted by atomic mass is 9.82. The fourth-order valence-electron chi connectivity index (χ4n) is 5.43. The summed E-state index contributed by atoms with van der Waals surface area (Å²) in [7, 11) is 2.01. The predicted molar refractivity (Wildman–Crippen MR) is 118 cm³/mol. The summed E-state index contributed by atoms with van der Waals surface area (Å²) in [5.74, 6) is 1.48. The summed E-state index contributed by atoms with van der Waals surface area (Å²) in [6.45, 7) is 4.97. The van der Waals surface area contributed by atoms with Gasteiger partial charge in [0.25, 0.3) is 0 Å². The number of fused-ring (bicyclic) bond motifs is 3. The zero-order chi connectivity index (χ0) is 21.4. The van der Waals surface area contributed by atoms with Gasteiger partial charge in [0.05, 0.1) is 5.69 Å². The lowest BCUT2D eigenvalue weighted by Crippen LogP contribution is -2.58. The molecule has 0 radical (unpaired) electrons. The molecule has 4 fully saturated rings. The quantitative estimate of drug-likeness (QED) is 0.757. The van der Waals surface area contributed by atoms with Crippen molar-refractivity contribution in [3.8, 4) is 11.3 Å². The zero-order valence-corrected chi connectivity index (χ0v) is 18.1. The third kappa shape index (κ3) is 4.15. The third-order valence-electron chi connectivity index (χ3n) is 7.38. The summed E-state index contributed by atoms with van der Waals surface area (Å²) >= 11 is 0. The molecule has 4 saturated heterocycles. The maximum atomic E-state index is 13.2. The molecule has 1 atom stereocenters. The van der Waals surface area contributed by atoms with Crippen LogP contribution in [0, 0.1) is 17.7 Å². The number of aromatic nitrogens is 2. The first-order valence-electron chi connectivity index (χ1n) is 11.4. The number of carbonyl (C=O) groups is 1. The van der Waals surface area contributed by atoms with Crippen molar-refractivity contribution in [2.24, 2.45) is 11.8 Å². The summed E-state index contributed by atoms with van der Waals surface area (Å²) in [5.41, 5.74) is 1.65. The Hall–Kier alpha value is -2.54. The van der Waals surface area contributed by atoms with E-state index in [4.69, 9.17) is 4.98 Å². The second-order valence-electron chi connectivity index (χ2n) is 9.16. The molecule has 1 amide bonds. The molecule has 0 spiro atoms. The van der Waals surface area contributed by atoms with Gasteiger partial charge < -0.3 is 14.7 Å². The molecule has 6 nitrogen and oxygen atoms in total. The Labute approximate surface area is 183 Å². The minimum atomic E-state index is -0.256. The number of piperidine rings is 4. The number of amides is 1. The van der Waals surface area contributed by atoms with Crippen LogP contribution in [0.1, 0.15) is 25.7 Å². The van der Waals surface area contributed by atoms with Crippen molar-refractivity contribution >= 4 is 11.9 Å². The van der Waals surface area contributed by atoms with Gasteiger partial charge in [-0.05, 0) is 75.0 Å². The number of hydrogen-bond donors (Lipinski definition) is 0. The molecule has 5 heterocycles. The normalized spacial score (nSPS) is 26.1. The molecule has 164 valence electrons. The topological polar surface area (TPSA) is 52.6 Å². The Bertz CT molecular complexity index is 920. The maximum Gasteiger partial charge on any atom is 0.225 e. The molecule has 1 aromatic heterocycles. The minimum absolute atomic E-state index is 0.0805. The van der Waals surface area contributed by atoms with Crippen LogP contribution in [-0.4, -0.2) is 71.5 Å². The van der Waals surface area contributed by atoms with Gasteiger partial charge >= 0.3 is 0 Å². The lowest BCUT2D eigenvalue weighted by molar-refractivity contribution is -0.140.